The number of halogens is 1. The van der Waals surface area contributed by atoms with Crippen molar-refractivity contribution < 1.29 is 4.39 Å². The maximum atomic E-state index is 12.8. The summed E-state index contributed by atoms with van der Waals surface area (Å²) in [4.78, 5) is 0. The minimum atomic E-state index is -0.183. The van der Waals surface area contributed by atoms with E-state index in [1.54, 1.807) is 0 Å². The van der Waals surface area contributed by atoms with Crippen LogP contribution in [0.1, 0.15) is 23.6 Å². The Bertz CT molecular complexity index is 492. The first-order valence-electron chi connectivity index (χ1n) is 5.74. The second kappa shape index (κ2) is 5.44. The molecule has 0 saturated carbocycles. The van der Waals surface area contributed by atoms with Crippen LogP contribution in [0.3, 0.4) is 0 Å². The highest BCUT2D eigenvalue weighted by Gasteiger charge is 1.97. The van der Waals surface area contributed by atoms with E-state index in [0.29, 0.717) is 0 Å². The molecule has 2 aromatic carbocycles. The highest BCUT2D eigenvalue weighted by atomic mass is 19.1. The van der Waals surface area contributed by atoms with Crippen LogP contribution in [0.5, 0.6) is 0 Å². The number of benzene rings is 2. The fraction of sp³-hybridized carbons (Fsp3) is 0.125. The van der Waals surface area contributed by atoms with Crippen molar-refractivity contribution in [2.24, 2.45) is 0 Å². The summed E-state index contributed by atoms with van der Waals surface area (Å²) in [7, 11) is 0. The Morgan fingerprint density at radius 3 is 1.94 bits per heavy atom. The fourth-order valence-electron chi connectivity index (χ4n) is 1.78. The zero-order valence-electron chi connectivity index (χ0n) is 9.86. The van der Waals surface area contributed by atoms with Gasteiger partial charge in [0.1, 0.15) is 5.82 Å². The average Bonchev–Trinajstić information content (AvgIpc) is 2.35. The number of hydrogen-bond acceptors (Lipinski definition) is 0. The van der Waals surface area contributed by atoms with Crippen LogP contribution in [0.2, 0.25) is 0 Å². The molecule has 0 atom stereocenters. The molecule has 0 bridgehead atoms. The zero-order valence-corrected chi connectivity index (χ0v) is 9.86. The Morgan fingerprint density at radius 2 is 1.41 bits per heavy atom. The molecule has 0 amide bonds. The van der Waals surface area contributed by atoms with E-state index in [0.717, 1.165) is 12.0 Å². The molecule has 0 aliphatic rings. The van der Waals surface area contributed by atoms with Crippen LogP contribution in [0.4, 0.5) is 4.39 Å². The topological polar surface area (TPSA) is 0 Å². The molecule has 0 spiro atoms. The SMILES string of the molecule is C/C=C\c1ccc(Cc2ccc(F)cc2)cc1. The molecule has 0 nitrogen and oxygen atoms in total. The number of allylic oxidation sites excluding steroid dienone is 1. The van der Waals surface area contributed by atoms with Gasteiger partial charge in [-0.25, -0.2) is 4.39 Å². The highest BCUT2D eigenvalue weighted by molar-refractivity contribution is 5.49. The van der Waals surface area contributed by atoms with Crippen molar-refractivity contribution >= 4 is 6.08 Å². The van der Waals surface area contributed by atoms with Crippen molar-refractivity contribution in [1.29, 1.82) is 0 Å². The van der Waals surface area contributed by atoms with E-state index in [1.165, 1.54) is 23.3 Å². The third-order valence-corrected chi connectivity index (χ3v) is 2.66. The van der Waals surface area contributed by atoms with Gasteiger partial charge in [-0.1, -0.05) is 48.6 Å². The van der Waals surface area contributed by atoms with Crippen LogP contribution >= 0.6 is 0 Å². The first-order chi connectivity index (χ1) is 8.28. The first kappa shape index (κ1) is 11.6. The largest absolute Gasteiger partial charge is 0.207 e. The fourth-order valence-corrected chi connectivity index (χ4v) is 1.78. The third kappa shape index (κ3) is 3.28. The summed E-state index contributed by atoms with van der Waals surface area (Å²) < 4.78 is 12.8. The van der Waals surface area contributed by atoms with E-state index in [1.807, 2.05) is 25.1 Å². The summed E-state index contributed by atoms with van der Waals surface area (Å²) in [6.07, 6.45) is 4.94. The van der Waals surface area contributed by atoms with E-state index in [-0.39, 0.29) is 5.82 Å². The van der Waals surface area contributed by atoms with Gasteiger partial charge in [0, 0.05) is 0 Å². The van der Waals surface area contributed by atoms with E-state index in [2.05, 4.69) is 30.3 Å². The van der Waals surface area contributed by atoms with Crippen LogP contribution in [0.15, 0.2) is 54.6 Å². The van der Waals surface area contributed by atoms with E-state index in [9.17, 15) is 4.39 Å². The number of hydrogen-bond donors (Lipinski definition) is 0. The molecule has 0 N–H and O–H groups in total. The van der Waals surface area contributed by atoms with E-state index >= 15 is 0 Å². The van der Waals surface area contributed by atoms with Gasteiger partial charge >= 0.3 is 0 Å². The molecule has 0 unspecified atom stereocenters. The van der Waals surface area contributed by atoms with Gasteiger partial charge in [0.2, 0.25) is 0 Å². The Morgan fingerprint density at radius 1 is 0.882 bits per heavy atom. The molecule has 0 radical (unpaired) electrons. The smallest absolute Gasteiger partial charge is 0.123 e. The molecule has 0 heterocycles. The second-order valence-corrected chi connectivity index (χ2v) is 4.04. The standard InChI is InChI=1S/C16H15F/c1-2-3-13-4-6-14(7-5-13)12-15-8-10-16(17)11-9-15/h2-11H,12H2,1H3/b3-2-. The first-order valence-corrected chi connectivity index (χ1v) is 5.74. The lowest BCUT2D eigenvalue weighted by atomic mass is 10.0. The van der Waals surface area contributed by atoms with Crippen molar-refractivity contribution in [3.8, 4) is 0 Å². The maximum Gasteiger partial charge on any atom is 0.123 e. The summed E-state index contributed by atoms with van der Waals surface area (Å²) in [6, 6.07) is 15.1. The Kier molecular flexibility index (Phi) is 3.71. The second-order valence-electron chi connectivity index (χ2n) is 4.04. The summed E-state index contributed by atoms with van der Waals surface area (Å²) in [5, 5.41) is 0. The van der Waals surface area contributed by atoms with Crippen LogP contribution in [-0.2, 0) is 6.42 Å². The predicted molar refractivity (Wildman–Crippen MR) is 70.4 cm³/mol. The average molecular weight is 226 g/mol. The molecule has 1 heteroatoms. The van der Waals surface area contributed by atoms with Gasteiger partial charge in [-0.15, -0.1) is 0 Å². The monoisotopic (exact) mass is 226 g/mol. The summed E-state index contributed by atoms with van der Waals surface area (Å²) >= 11 is 0. The Labute approximate surface area is 101 Å². The van der Waals surface area contributed by atoms with Gasteiger partial charge in [0.25, 0.3) is 0 Å². The van der Waals surface area contributed by atoms with Crippen molar-refractivity contribution in [3.05, 3.63) is 77.1 Å². The minimum absolute atomic E-state index is 0.183. The Hall–Kier alpha value is -1.89. The van der Waals surface area contributed by atoms with Crippen molar-refractivity contribution in [2.75, 3.05) is 0 Å². The molecule has 17 heavy (non-hydrogen) atoms. The molecule has 0 aliphatic heterocycles. The van der Waals surface area contributed by atoms with Crippen LogP contribution in [-0.4, -0.2) is 0 Å². The Balaban J connectivity index is 2.11. The maximum absolute atomic E-state index is 12.8. The van der Waals surface area contributed by atoms with Gasteiger partial charge in [0.15, 0.2) is 0 Å². The lowest BCUT2D eigenvalue weighted by Crippen LogP contribution is -1.88. The molecule has 0 saturated heterocycles. The molecule has 2 rings (SSSR count). The summed E-state index contributed by atoms with van der Waals surface area (Å²) in [5.74, 6) is -0.183. The van der Waals surface area contributed by atoms with Crippen molar-refractivity contribution in [1.82, 2.24) is 0 Å². The van der Waals surface area contributed by atoms with Crippen LogP contribution < -0.4 is 0 Å². The predicted octanol–water partition coefficient (Wildman–Crippen LogP) is 4.45. The van der Waals surface area contributed by atoms with Crippen molar-refractivity contribution in [3.63, 3.8) is 0 Å². The summed E-state index contributed by atoms with van der Waals surface area (Å²) in [6.45, 7) is 2.01. The summed E-state index contributed by atoms with van der Waals surface area (Å²) in [5.41, 5.74) is 3.57. The van der Waals surface area contributed by atoms with Gasteiger partial charge in [0.05, 0.1) is 0 Å². The van der Waals surface area contributed by atoms with Gasteiger partial charge < -0.3 is 0 Å². The molecule has 0 aromatic heterocycles. The van der Waals surface area contributed by atoms with Crippen LogP contribution in [0.25, 0.3) is 6.08 Å². The number of rotatable bonds is 3. The molecular formula is C16H15F. The van der Waals surface area contributed by atoms with E-state index in [4.69, 9.17) is 0 Å². The lowest BCUT2D eigenvalue weighted by molar-refractivity contribution is 0.627. The van der Waals surface area contributed by atoms with E-state index < -0.39 is 0 Å². The van der Waals surface area contributed by atoms with Gasteiger partial charge in [-0.2, -0.15) is 0 Å². The lowest BCUT2D eigenvalue weighted by Gasteiger charge is -2.02. The zero-order chi connectivity index (χ0) is 12.1. The molecular weight excluding hydrogens is 211 g/mol. The molecule has 0 fully saturated rings. The quantitative estimate of drug-likeness (QED) is 0.725. The molecule has 86 valence electrons. The van der Waals surface area contributed by atoms with Gasteiger partial charge in [-0.05, 0) is 42.2 Å². The van der Waals surface area contributed by atoms with Crippen molar-refractivity contribution in [2.45, 2.75) is 13.3 Å². The normalized spacial score (nSPS) is 10.9. The molecule has 0 aliphatic carbocycles. The third-order valence-electron chi connectivity index (χ3n) is 2.66. The van der Waals surface area contributed by atoms with Crippen LogP contribution in [0, 0.1) is 5.82 Å². The van der Waals surface area contributed by atoms with Gasteiger partial charge in [-0.3, -0.25) is 0 Å². The minimum Gasteiger partial charge on any atom is -0.207 e. The highest BCUT2D eigenvalue weighted by Crippen LogP contribution is 2.12. The molecule has 2 aromatic rings.